The number of fused-ring (bicyclic) bond motifs is 6. The van der Waals surface area contributed by atoms with Gasteiger partial charge in [0.25, 0.3) is 15.9 Å². The Hall–Kier alpha value is -2.97. The Kier molecular flexibility index (Phi) is 7.91. The first-order valence-electron chi connectivity index (χ1n) is 15.6. The van der Waals surface area contributed by atoms with Crippen LogP contribution >= 0.6 is 0 Å². The number of esters is 1. The highest BCUT2D eigenvalue weighted by molar-refractivity contribution is 7.89. The summed E-state index contributed by atoms with van der Waals surface area (Å²) in [6.07, 6.45) is -2.33. The van der Waals surface area contributed by atoms with Crippen molar-refractivity contribution in [2.24, 2.45) is 5.92 Å². The Morgan fingerprint density at radius 1 is 1.04 bits per heavy atom. The lowest BCUT2D eigenvalue weighted by Gasteiger charge is -2.54. The van der Waals surface area contributed by atoms with Crippen molar-refractivity contribution in [1.82, 2.24) is 4.31 Å². The van der Waals surface area contributed by atoms with Gasteiger partial charge >= 0.3 is 5.97 Å². The van der Waals surface area contributed by atoms with Gasteiger partial charge in [-0.3, -0.25) is 9.59 Å². The van der Waals surface area contributed by atoms with E-state index in [1.807, 2.05) is 6.92 Å². The maximum atomic E-state index is 14.6. The first-order chi connectivity index (χ1) is 21.3. The zero-order chi connectivity index (χ0) is 33.6. The zero-order valence-corrected chi connectivity index (χ0v) is 29.6. The van der Waals surface area contributed by atoms with Crippen LogP contribution in [0.1, 0.15) is 68.9 Å². The molecule has 1 saturated carbocycles. The maximum absolute atomic E-state index is 14.6. The molecule has 3 heterocycles. The Balaban J connectivity index is 1.61. The molecule has 11 nitrogen and oxygen atoms in total. The van der Waals surface area contributed by atoms with E-state index in [9.17, 15) is 18.0 Å². The minimum atomic E-state index is -4.43. The number of nitrogens with zero attached hydrogens (tertiary/aromatic N) is 1. The van der Waals surface area contributed by atoms with Crippen LogP contribution in [0.5, 0.6) is 11.5 Å². The summed E-state index contributed by atoms with van der Waals surface area (Å²) >= 11 is 0. The van der Waals surface area contributed by atoms with E-state index in [4.69, 9.17) is 28.1 Å². The zero-order valence-electron chi connectivity index (χ0n) is 27.8. The van der Waals surface area contributed by atoms with Gasteiger partial charge in [0.15, 0.2) is 25.6 Å². The summed E-state index contributed by atoms with van der Waals surface area (Å²) in [6, 6.07) is 8.62. The first-order valence-corrected chi connectivity index (χ1v) is 19.9. The monoisotopic (exact) mass is 673 g/mol. The fourth-order valence-electron chi connectivity index (χ4n) is 6.78. The van der Waals surface area contributed by atoms with Crippen molar-refractivity contribution < 1.29 is 46.1 Å². The normalized spacial score (nSPS) is 28.4. The van der Waals surface area contributed by atoms with Crippen molar-refractivity contribution in [3.8, 4) is 11.5 Å². The summed E-state index contributed by atoms with van der Waals surface area (Å²) in [4.78, 5) is 26.8. The standard InChI is InChI=1S/C33H43NO10SSi/c1-18-10-12-20(13-11-18)45(37,38)34-27-26(21-14-24-25(41-17-40-24)15-22(21)31(34)36)23(16-39-19(2)35)28(44-46(8,9)32(3,4)5)30-29(27)42-33(6,7)43-30/h10-15,23,26-30H,16-17H2,1-9H3/t23-,26+,27-,28+,29+,30-/m1/s1. The number of carbonyl (C=O) groups is 2. The van der Waals surface area contributed by atoms with Crippen LogP contribution < -0.4 is 9.47 Å². The average Bonchev–Trinajstić information content (AvgIpc) is 3.54. The fraction of sp³-hybridized carbons (Fsp3) is 0.576. The largest absolute Gasteiger partial charge is 0.465 e. The van der Waals surface area contributed by atoms with Gasteiger partial charge in [-0.05, 0) is 68.7 Å². The van der Waals surface area contributed by atoms with Gasteiger partial charge in [0.1, 0.15) is 12.2 Å². The molecule has 1 amide bonds. The summed E-state index contributed by atoms with van der Waals surface area (Å²) < 4.78 is 67.5. The highest BCUT2D eigenvalue weighted by Crippen LogP contribution is 2.55. The molecule has 0 radical (unpaired) electrons. The quantitative estimate of drug-likeness (QED) is 0.301. The minimum absolute atomic E-state index is 0.0275. The van der Waals surface area contributed by atoms with Crippen molar-refractivity contribution in [2.75, 3.05) is 13.4 Å². The van der Waals surface area contributed by atoms with Crippen molar-refractivity contribution in [1.29, 1.82) is 0 Å². The maximum Gasteiger partial charge on any atom is 0.302 e. The Labute approximate surface area is 271 Å². The molecule has 13 heteroatoms. The molecule has 0 N–H and O–H groups in total. The molecular weight excluding hydrogens is 631 g/mol. The van der Waals surface area contributed by atoms with E-state index in [2.05, 4.69) is 33.9 Å². The van der Waals surface area contributed by atoms with Crippen molar-refractivity contribution in [3.63, 3.8) is 0 Å². The average molecular weight is 674 g/mol. The highest BCUT2D eigenvalue weighted by Gasteiger charge is 2.65. The smallest absolute Gasteiger partial charge is 0.302 e. The van der Waals surface area contributed by atoms with Crippen molar-refractivity contribution in [3.05, 3.63) is 53.1 Å². The van der Waals surface area contributed by atoms with Gasteiger partial charge in [-0.2, -0.15) is 0 Å². The SMILES string of the molecule is CC(=O)OC[C@H]1[C@H](O[Si](C)(C)C(C)(C)C)[C@H]2OC(C)(C)O[C@H]2[C@H]2[C@H]1c1cc3c(cc1C(=O)N2S(=O)(=O)c1ccc(C)cc1)OCO3. The fourth-order valence-corrected chi connectivity index (χ4v) is 9.72. The predicted molar refractivity (Wildman–Crippen MR) is 170 cm³/mol. The van der Waals surface area contributed by atoms with E-state index in [-0.39, 0.29) is 28.9 Å². The molecule has 0 aromatic heterocycles. The van der Waals surface area contributed by atoms with Crippen molar-refractivity contribution >= 4 is 30.2 Å². The van der Waals surface area contributed by atoms with E-state index in [1.165, 1.54) is 19.1 Å². The molecule has 6 atom stereocenters. The second-order valence-corrected chi connectivity index (χ2v) is 21.2. The molecule has 2 fully saturated rings. The summed E-state index contributed by atoms with van der Waals surface area (Å²) in [7, 11) is -6.93. The third-order valence-electron chi connectivity index (χ3n) is 9.97. The van der Waals surface area contributed by atoms with Crippen LogP contribution in [-0.4, -0.2) is 76.5 Å². The van der Waals surface area contributed by atoms with Gasteiger partial charge in [0, 0.05) is 24.3 Å². The lowest BCUT2D eigenvalue weighted by molar-refractivity contribution is -0.159. The van der Waals surface area contributed by atoms with Gasteiger partial charge in [0.05, 0.1) is 23.6 Å². The van der Waals surface area contributed by atoms with Crippen LogP contribution in [0.15, 0.2) is 41.3 Å². The molecule has 250 valence electrons. The van der Waals surface area contributed by atoms with Crippen LogP contribution in [0.4, 0.5) is 0 Å². The molecule has 4 aliphatic rings. The van der Waals surface area contributed by atoms with E-state index < -0.39 is 72.2 Å². The predicted octanol–water partition coefficient (Wildman–Crippen LogP) is 5.12. The van der Waals surface area contributed by atoms with Gasteiger partial charge in [-0.15, -0.1) is 0 Å². The third kappa shape index (κ3) is 5.43. The lowest BCUT2D eigenvalue weighted by atomic mass is 9.66. The molecule has 0 spiro atoms. The van der Waals surface area contributed by atoms with Crippen LogP contribution in [0.2, 0.25) is 18.1 Å². The number of aryl methyl sites for hydroxylation is 1. The number of rotatable bonds is 6. The molecule has 3 aliphatic heterocycles. The topological polar surface area (TPSA) is 127 Å². The molecule has 1 saturated heterocycles. The summed E-state index contributed by atoms with van der Waals surface area (Å²) in [6.45, 7) is 17.2. The number of amides is 1. The molecule has 2 aromatic rings. The summed E-state index contributed by atoms with van der Waals surface area (Å²) in [5.41, 5.74) is 1.60. The first kappa shape index (κ1) is 32.9. The van der Waals surface area contributed by atoms with Crippen LogP contribution in [0.3, 0.4) is 0 Å². The molecule has 0 unspecified atom stereocenters. The molecule has 0 bridgehead atoms. The summed E-state index contributed by atoms with van der Waals surface area (Å²) in [5, 5.41) is -0.187. The van der Waals surface area contributed by atoms with Gasteiger partial charge < -0.3 is 28.1 Å². The van der Waals surface area contributed by atoms with Crippen LogP contribution in [0.25, 0.3) is 0 Å². The molecule has 2 aromatic carbocycles. The van der Waals surface area contributed by atoms with E-state index >= 15 is 0 Å². The number of hydrogen-bond donors (Lipinski definition) is 0. The van der Waals surface area contributed by atoms with E-state index in [0.717, 1.165) is 9.87 Å². The highest BCUT2D eigenvalue weighted by atomic mass is 32.2. The number of ether oxygens (including phenoxy) is 5. The van der Waals surface area contributed by atoms with Gasteiger partial charge in [0.2, 0.25) is 6.79 Å². The number of benzene rings is 2. The second-order valence-electron chi connectivity index (χ2n) is 14.6. The number of carbonyl (C=O) groups excluding carboxylic acids is 2. The molecular formula is C33H43NO10SSi. The third-order valence-corrected chi connectivity index (χ3v) is 16.2. The van der Waals surface area contributed by atoms with Gasteiger partial charge in [-0.25, -0.2) is 12.7 Å². The Morgan fingerprint density at radius 2 is 1.65 bits per heavy atom. The van der Waals surface area contributed by atoms with Crippen molar-refractivity contribution in [2.45, 2.75) is 108 Å². The Morgan fingerprint density at radius 3 is 2.26 bits per heavy atom. The van der Waals surface area contributed by atoms with E-state index in [1.54, 1.807) is 38.1 Å². The Bertz CT molecular complexity index is 1670. The van der Waals surface area contributed by atoms with Gasteiger partial charge in [-0.1, -0.05) is 38.5 Å². The number of hydrogen-bond acceptors (Lipinski definition) is 10. The lowest BCUT2D eigenvalue weighted by Crippen LogP contribution is -2.68. The minimum Gasteiger partial charge on any atom is -0.465 e. The molecule has 6 rings (SSSR count). The number of sulfonamides is 1. The van der Waals surface area contributed by atoms with Crippen LogP contribution in [0, 0.1) is 12.8 Å². The van der Waals surface area contributed by atoms with E-state index in [0.29, 0.717) is 17.1 Å². The van der Waals surface area contributed by atoms with Crippen LogP contribution in [-0.2, 0) is 33.5 Å². The molecule has 1 aliphatic carbocycles. The summed E-state index contributed by atoms with van der Waals surface area (Å²) in [5.74, 6) is -2.87. The second kappa shape index (κ2) is 11.0. The molecule has 46 heavy (non-hydrogen) atoms.